The summed E-state index contributed by atoms with van der Waals surface area (Å²) in [6.07, 6.45) is 0. The number of benzene rings is 2. The first-order chi connectivity index (χ1) is 10.1. The van der Waals surface area contributed by atoms with E-state index in [1.165, 1.54) is 0 Å². The average molecular weight is 345 g/mol. The Morgan fingerprint density at radius 1 is 1.10 bits per heavy atom. The normalized spacial score (nSPS) is 12.8. The number of para-hydroxylation sites is 1. The van der Waals surface area contributed by atoms with Gasteiger partial charge in [0.05, 0.1) is 0 Å². The van der Waals surface area contributed by atoms with Crippen molar-refractivity contribution in [2.24, 2.45) is 5.84 Å². The molecule has 0 aliphatic rings. The lowest BCUT2D eigenvalue weighted by atomic mass is 10.00. The van der Waals surface area contributed by atoms with Gasteiger partial charge in [-0.25, -0.2) is 5.43 Å². The maximum atomic E-state index is 6.04. The van der Waals surface area contributed by atoms with Crippen LogP contribution in [-0.4, -0.2) is 0 Å². The molecule has 0 aliphatic heterocycles. The van der Waals surface area contributed by atoms with E-state index in [1.54, 1.807) is 0 Å². The molecule has 1 heterocycles. The highest BCUT2D eigenvalue weighted by atomic mass is 79.9. The predicted molar refractivity (Wildman–Crippen MR) is 89.0 cm³/mol. The summed E-state index contributed by atoms with van der Waals surface area (Å²) in [6.45, 7) is 4.11. The zero-order valence-corrected chi connectivity index (χ0v) is 13.6. The molecule has 0 bridgehead atoms. The lowest BCUT2D eigenvalue weighted by molar-refractivity contribution is 0.475. The summed E-state index contributed by atoms with van der Waals surface area (Å²) in [6, 6.07) is 14.2. The first kappa shape index (κ1) is 14.3. The molecular formula is C17H17BrN2O. The van der Waals surface area contributed by atoms with Gasteiger partial charge >= 0.3 is 0 Å². The van der Waals surface area contributed by atoms with Crippen molar-refractivity contribution >= 4 is 26.9 Å². The van der Waals surface area contributed by atoms with Crippen LogP contribution in [0.25, 0.3) is 11.0 Å². The van der Waals surface area contributed by atoms with E-state index < -0.39 is 0 Å². The van der Waals surface area contributed by atoms with Crippen molar-refractivity contribution in [1.82, 2.24) is 5.43 Å². The van der Waals surface area contributed by atoms with Crippen molar-refractivity contribution in [1.29, 1.82) is 0 Å². The van der Waals surface area contributed by atoms with Crippen molar-refractivity contribution in [3.63, 3.8) is 0 Å². The first-order valence-electron chi connectivity index (χ1n) is 6.81. The van der Waals surface area contributed by atoms with Gasteiger partial charge in [0.25, 0.3) is 0 Å². The van der Waals surface area contributed by atoms with Gasteiger partial charge < -0.3 is 4.42 Å². The van der Waals surface area contributed by atoms with Gasteiger partial charge in [0.2, 0.25) is 0 Å². The Morgan fingerprint density at radius 2 is 1.90 bits per heavy atom. The molecule has 3 rings (SSSR count). The van der Waals surface area contributed by atoms with Gasteiger partial charge in [-0.1, -0.05) is 40.2 Å². The summed E-state index contributed by atoms with van der Waals surface area (Å²) < 4.78 is 7.09. The molecule has 1 aromatic heterocycles. The van der Waals surface area contributed by atoms with Gasteiger partial charge in [-0.2, -0.15) is 0 Å². The molecule has 4 heteroatoms. The molecule has 0 amide bonds. The van der Waals surface area contributed by atoms with E-state index in [0.717, 1.165) is 37.9 Å². The minimum Gasteiger partial charge on any atom is -0.459 e. The Morgan fingerprint density at radius 3 is 2.57 bits per heavy atom. The molecule has 0 saturated heterocycles. The smallest absolute Gasteiger partial charge is 0.137 e. The maximum Gasteiger partial charge on any atom is 0.137 e. The quantitative estimate of drug-likeness (QED) is 0.548. The number of hydrogen-bond donors (Lipinski definition) is 2. The van der Waals surface area contributed by atoms with Crippen LogP contribution in [0.5, 0.6) is 0 Å². The fourth-order valence-corrected chi connectivity index (χ4v) is 3.13. The second-order valence-corrected chi connectivity index (χ2v) is 6.16. The van der Waals surface area contributed by atoms with Crippen LogP contribution in [0.1, 0.15) is 28.5 Å². The number of hydrogen-bond acceptors (Lipinski definition) is 3. The Balaban J connectivity index is 2.11. The first-order valence-corrected chi connectivity index (χ1v) is 7.60. The van der Waals surface area contributed by atoms with Gasteiger partial charge in [-0.3, -0.25) is 5.84 Å². The maximum absolute atomic E-state index is 6.04. The highest BCUT2D eigenvalue weighted by Gasteiger charge is 2.19. The molecular weight excluding hydrogens is 328 g/mol. The summed E-state index contributed by atoms with van der Waals surface area (Å²) in [5.41, 5.74) is 7.18. The summed E-state index contributed by atoms with van der Waals surface area (Å²) >= 11 is 3.49. The molecule has 0 saturated carbocycles. The Labute approximate surface area is 132 Å². The van der Waals surface area contributed by atoms with Crippen molar-refractivity contribution in [3.8, 4) is 0 Å². The summed E-state index contributed by atoms with van der Waals surface area (Å²) in [5, 5.41) is 1.10. The largest absolute Gasteiger partial charge is 0.459 e. The van der Waals surface area contributed by atoms with Crippen LogP contribution < -0.4 is 11.3 Å². The van der Waals surface area contributed by atoms with Crippen LogP contribution in [-0.2, 0) is 0 Å². The van der Waals surface area contributed by atoms with Gasteiger partial charge in [0.15, 0.2) is 0 Å². The van der Waals surface area contributed by atoms with Crippen LogP contribution in [0.2, 0.25) is 0 Å². The summed E-state index contributed by atoms with van der Waals surface area (Å²) in [7, 11) is 0. The van der Waals surface area contributed by atoms with Crippen molar-refractivity contribution in [2.45, 2.75) is 19.9 Å². The van der Waals surface area contributed by atoms with Gasteiger partial charge in [-0.15, -0.1) is 0 Å². The Kier molecular flexibility index (Phi) is 3.85. The number of fused-ring (bicyclic) bond motifs is 1. The van der Waals surface area contributed by atoms with Crippen molar-refractivity contribution < 1.29 is 4.42 Å². The second kappa shape index (κ2) is 5.64. The van der Waals surface area contributed by atoms with Crippen LogP contribution >= 0.6 is 15.9 Å². The van der Waals surface area contributed by atoms with Crippen LogP contribution in [0, 0.1) is 13.8 Å². The third-order valence-electron chi connectivity index (χ3n) is 3.75. The summed E-state index contributed by atoms with van der Waals surface area (Å²) in [5.74, 6) is 6.61. The van der Waals surface area contributed by atoms with E-state index in [4.69, 9.17) is 10.3 Å². The SMILES string of the molecule is Cc1cc(Br)ccc1C(NN)c1cc2cccc(C)c2o1. The number of hydrazine groups is 1. The Bertz CT molecular complexity index is 795. The van der Waals surface area contributed by atoms with Crippen LogP contribution in [0.4, 0.5) is 0 Å². The van der Waals surface area contributed by atoms with E-state index in [1.807, 2.05) is 31.2 Å². The number of halogens is 1. The second-order valence-electron chi connectivity index (χ2n) is 5.24. The molecule has 0 fully saturated rings. The van der Waals surface area contributed by atoms with Crippen LogP contribution in [0.3, 0.4) is 0 Å². The molecule has 21 heavy (non-hydrogen) atoms. The highest BCUT2D eigenvalue weighted by molar-refractivity contribution is 9.10. The van der Waals surface area contributed by atoms with E-state index >= 15 is 0 Å². The molecule has 2 aromatic carbocycles. The lowest BCUT2D eigenvalue weighted by Crippen LogP contribution is -2.29. The fraction of sp³-hybridized carbons (Fsp3) is 0.176. The molecule has 108 valence electrons. The predicted octanol–water partition coefficient (Wildman–Crippen LogP) is 4.36. The van der Waals surface area contributed by atoms with Crippen molar-refractivity contribution in [2.75, 3.05) is 0 Å². The number of nitrogens with two attached hydrogens (primary N) is 1. The molecule has 3 N–H and O–H groups in total. The number of furan rings is 1. The van der Waals surface area contributed by atoms with Gasteiger partial charge in [0.1, 0.15) is 17.4 Å². The molecule has 3 nitrogen and oxygen atoms in total. The monoisotopic (exact) mass is 344 g/mol. The third kappa shape index (κ3) is 2.62. The lowest BCUT2D eigenvalue weighted by Gasteiger charge is -2.16. The third-order valence-corrected chi connectivity index (χ3v) is 4.25. The van der Waals surface area contributed by atoms with Crippen molar-refractivity contribution in [3.05, 3.63) is 69.4 Å². The van der Waals surface area contributed by atoms with E-state index in [2.05, 4.69) is 46.5 Å². The van der Waals surface area contributed by atoms with Crippen LogP contribution in [0.15, 0.2) is 51.4 Å². The number of nitrogens with one attached hydrogen (secondary N) is 1. The van der Waals surface area contributed by atoms with Gasteiger partial charge in [0, 0.05) is 9.86 Å². The molecule has 0 aliphatic carbocycles. The number of rotatable bonds is 3. The topological polar surface area (TPSA) is 51.2 Å². The average Bonchev–Trinajstić information content (AvgIpc) is 2.87. The molecule has 0 radical (unpaired) electrons. The molecule has 0 spiro atoms. The van der Waals surface area contributed by atoms with E-state index in [-0.39, 0.29) is 6.04 Å². The molecule has 1 atom stereocenters. The minimum absolute atomic E-state index is 0.162. The zero-order chi connectivity index (χ0) is 15.0. The Hall–Kier alpha value is -1.62. The standard InChI is InChI=1S/C17H17BrN2O/c1-10-4-3-5-12-9-15(21-17(10)12)16(20-19)14-7-6-13(18)8-11(14)2/h3-9,16,20H,19H2,1-2H3. The van der Waals surface area contributed by atoms with Gasteiger partial charge in [-0.05, 0) is 48.7 Å². The number of aryl methyl sites for hydroxylation is 2. The highest BCUT2D eigenvalue weighted by Crippen LogP contribution is 2.31. The fourth-order valence-electron chi connectivity index (χ4n) is 2.66. The molecule has 1 unspecified atom stereocenters. The molecule has 3 aromatic rings. The summed E-state index contributed by atoms with van der Waals surface area (Å²) in [4.78, 5) is 0. The van der Waals surface area contributed by atoms with E-state index in [9.17, 15) is 0 Å². The van der Waals surface area contributed by atoms with E-state index in [0.29, 0.717) is 0 Å². The minimum atomic E-state index is -0.162. The zero-order valence-electron chi connectivity index (χ0n) is 12.0.